The number of aromatic nitrogens is 1. The van der Waals surface area contributed by atoms with Crippen molar-refractivity contribution in [2.75, 3.05) is 0 Å². The van der Waals surface area contributed by atoms with Gasteiger partial charge >= 0.3 is 0 Å². The highest BCUT2D eigenvalue weighted by molar-refractivity contribution is 6.21. The van der Waals surface area contributed by atoms with Gasteiger partial charge in [0.2, 0.25) is 0 Å². The van der Waals surface area contributed by atoms with Crippen LogP contribution in [0.2, 0.25) is 0 Å². The van der Waals surface area contributed by atoms with E-state index in [2.05, 4.69) is 4.98 Å². The summed E-state index contributed by atoms with van der Waals surface area (Å²) < 4.78 is 13.6. The van der Waals surface area contributed by atoms with Crippen LogP contribution in [0.5, 0.6) is 0 Å². The number of nitrogens with zero attached hydrogens (tertiary/aromatic N) is 2. The molecule has 0 aliphatic carbocycles. The topological polar surface area (TPSA) is 50.3 Å². The summed E-state index contributed by atoms with van der Waals surface area (Å²) in [6.45, 7) is 3.66. The predicted octanol–water partition coefficient (Wildman–Crippen LogP) is 4.76. The van der Waals surface area contributed by atoms with Crippen LogP contribution in [0.3, 0.4) is 0 Å². The Kier molecular flexibility index (Phi) is 4.07. The number of fused-ring (bicyclic) bond motifs is 2. The Morgan fingerprint density at radius 2 is 1.70 bits per heavy atom. The maximum atomic E-state index is 13.6. The van der Waals surface area contributed by atoms with Crippen LogP contribution in [0.4, 0.5) is 4.39 Å². The number of rotatable bonds is 3. The van der Waals surface area contributed by atoms with Crippen molar-refractivity contribution >= 4 is 28.8 Å². The monoisotopic (exact) mass is 360 g/mol. The van der Waals surface area contributed by atoms with Crippen molar-refractivity contribution in [3.63, 3.8) is 0 Å². The molecule has 2 aromatic carbocycles. The molecule has 0 radical (unpaired) electrons. The smallest absolute Gasteiger partial charge is 0.262 e. The molecule has 0 fully saturated rings. The molecule has 0 N–H and O–H groups in total. The molecule has 1 aliphatic heterocycles. The minimum Gasteiger partial charge on any atom is -0.269 e. The molecule has 1 aliphatic rings. The highest BCUT2D eigenvalue weighted by atomic mass is 19.1. The number of allylic oxidation sites excluding steroid dienone is 1. The maximum Gasteiger partial charge on any atom is 0.262 e. The van der Waals surface area contributed by atoms with Crippen molar-refractivity contribution in [2.24, 2.45) is 0 Å². The number of amides is 2. The summed E-state index contributed by atoms with van der Waals surface area (Å²) in [6.07, 6.45) is 3.63. The number of hydrogen-bond donors (Lipinski definition) is 0. The summed E-state index contributed by atoms with van der Waals surface area (Å²) in [5.41, 5.74) is 2.71. The molecule has 2 heterocycles. The van der Waals surface area contributed by atoms with Crippen LogP contribution < -0.4 is 0 Å². The predicted molar refractivity (Wildman–Crippen MR) is 102 cm³/mol. The van der Waals surface area contributed by atoms with E-state index in [1.165, 1.54) is 17.0 Å². The summed E-state index contributed by atoms with van der Waals surface area (Å²) in [6, 6.07) is 12.6. The van der Waals surface area contributed by atoms with E-state index in [9.17, 15) is 14.0 Å². The maximum absolute atomic E-state index is 13.6. The zero-order valence-corrected chi connectivity index (χ0v) is 14.9. The molecule has 1 unspecified atom stereocenters. The molecule has 3 aromatic rings. The van der Waals surface area contributed by atoms with Gasteiger partial charge in [-0.2, -0.15) is 0 Å². The van der Waals surface area contributed by atoms with Crippen molar-refractivity contribution in [3.8, 4) is 0 Å². The second-order valence-electron chi connectivity index (χ2n) is 6.50. The van der Waals surface area contributed by atoms with Gasteiger partial charge in [0, 0.05) is 17.0 Å². The highest BCUT2D eigenvalue weighted by Gasteiger charge is 2.39. The number of benzene rings is 2. The van der Waals surface area contributed by atoms with Crippen molar-refractivity contribution in [3.05, 3.63) is 82.8 Å². The molecule has 2 amide bonds. The van der Waals surface area contributed by atoms with Gasteiger partial charge in [-0.1, -0.05) is 18.2 Å². The first-order valence-corrected chi connectivity index (χ1v) is 8.71. The lowest BCUT2D eigenvalue weighted by molar-refractivity contribution is 0.0595. The van der Waals surface area contributed by atoms with E-state index in [-0.39, 0.29) is 17.6 Å². The Morgan fingerprint density at radius 3 is 2.33 bits per heavy atom. The largest absolute Gasteiger partial charge is 0.269 e. The van der Waals surface area contributed by atoms with E-state index in [1.54, 1.807) is 43.3 Å². The molecule has 134 valence electrons. The van der Waals surface area contributed by atoms with Crippen LogP contribution in [-0.4, -0.2) is 21.7 Å². The van der Waals surface area contributed by atoms with Gasteiger partial charge in [0.1, 0.15) is 5.82 Å². The molecule has 4 rings (SSSR count). The summed E-state index contributed by atoms with van der Waals surface area (Å²) in [5, 5.41) is 0.753. The molecule has 0 saturated heterocycles. The summed E-state index contributed by atoms with van der Waals surface area (Å²) in [7, 11) is 0. The second-order valence-corrected chi connectivity index (χ2v) is 6.50. The lowest BCUT2D eigenvalue weighted by Gasteiger charge is -2.24. The number of carbonyl (C=O) groups excluding carboxylic acids is 2. The van der Waals surface area contributed by atoms with Crippen LogP contribution in [0, 0.1) is 5.82 Å². The van der Waals surface area contributed by atoms with Crippen molar-refractivity contribution in [1.29, 1.82) is 0 Å². The first kappa shape index (κ1) is 17.1. The molecule has 1 atom stereocenters. The molecule has 0 bridgehead atoms. The molecule has 5 heteroatoms. The number of carbonyl (C=O) groups is 2. The number of hydrogen-bond acceptors (Lipinski definition) is 3. The van der Waals surface area contributed by atoms with Crippen molar-refractivity contribution in [2.45, 2.75) is 19.9 Å². The molecule has 0 saturated carbocycles. The average molecular weight is 360 g/mol. The summed E-state index contributed by atoms with van der Waals surface area (Å²) >= 11 is 0. The molecule has 4 nitrogen and oxygen atoms in total. The third kappa shape index (κ3) is 2.72. The van der Waals surface area contributed by atoms with E-state index < -0.39 is 6.04 Å². The lowest BCUT2D eigenvalue weighted by atomic mass is 10.0. The minimum atomic E-state index is -0.509. The van der Waals surface area contributed by atoms with Crippen LogP contribution in [-0.2, 0) is 0 Å². The van der Waals surface area contributed by atoms with Crippen molar-refractivity contribution in [1.82, 2.24) is 9.88 Å². The SMILES string of the molecule is C/C=C/c1nc2cc(F)ccc2cc1C(C)N1C(=O)c2ccccc2C1=O. The minimum absolute atomic E-state index is 0.311. The van der Waals surface area contributed by atoms with Gasteiger partial charge in [-0.05, 0) is 50.3 Å². The van der Waals surface area contributed by atoms with Gasteiger partial charge in [0.15, 0.2) is 0 Å². The first-order chi connectivity index (χ1) is 13.0. The molecular weight excluding hydrogens is 343 g/mol. The van der Waals surface area contributed by atoms with Crippen LogP contribution >= 0.6 is 0 Å². The zero-order valence-electron chi connectivity index (χ0n) is 14.9. The summed E-state index contributed by atoms with van der Waals surface area (Å²) in [4.78, 5) is 31.4. The Bertz CT molecular complexity index is 1090. The normalized spacial score (nSPS) is 15.0. The van der Waals surface area contributed by atoms with Gasteiger partial charge in [0.25, 0.3) is 11.8 Å². The van der Waals surface area contributed by atoms with E-state index in [4.69, 9.17) is 0 Å². The van der Waals surface area contributed by atoms with Crippen LogP contribution in [0.15, 0.2) is 54.6 Å². The van der Waals surface area contributed by atoms with Gasteiger partial charge in [-0.3, -0.25) is 14.5 Å². The number of pyridine rings is 1. The van der Waals surface area contributed by atoms with E-state index in [0.717, 1.165) is 10.9 Å². The fourth-order valence-electron chi connectivity index (χ4n) is 3.50. The third-order valence-corrected chi connectivity index (χ3v) is 4.83. The zero-order chi connectivity index (χ0) is 19.1. The van der Waals surface area contributed by atoms with Crippen LogP contribution in [0.25, 0.3) is 17.0 Å². The molecule has 0 spiro atoms. The first-order valence-electron chi connectivity index (χ1n) is 8.71. The Labute approximate surface area is 155 Å². The Hall–Kier alpha value is -3.34. The quantitative estimate of drug-likeness (QED) is 0.633. The van der Waals surface area contributed by atoms with Crippen molar-refractivity contribution < 1.29 is 14.0 Å². The van der Waals surface area contributed by atoms with Gasteiger partial charge in [0.05, 0.1) is 28.4 Å². The fourth-order valence-corrected chi connectivity index (χ4v) is 3.50. The van der Waals surface area contributed by atoms with E-state index >= 15 is 0 Å². The molecule has 1 aromatic heterocycles. The van der Waals surface area contributed by atoms with Gasteiger partial charge in [-0.15, -0.1) is 0 Å². The highest BCUT2D eigenvalue weighted by Crippen LogP contribution is 2.33. The molecule has 27 heavy (non-hydrogen) atoms. The Balaban J connectivity index is 1.84. The summed E-state index contributed by atoms with van der Waals surface area (Å²) in [5.74, 6) is -0.981. The van der Waals surface area contributed by atoms with Gasteiger partial charge < -0.3 is 0 Å². The Morgan fingerprint density at radius 1 is 1.04 bits per heavy atom. The number of halogens is 1. The fraction of sp³-hybridized carbons (Fsp3) is 0.136. The van der Waals surface area contributed by atoms with E-state index in [1.807, 2.05) is 19.1 Å². The standard InChI is InChI=1S/C22H17FN2O2/c1-3-6-19-18(11-14-9-10-15(23)12-20(14)24-19)13(2)25-21(26)16-7-4-5-8-17(16)22(25)27/h3-13H,1-2H3/b6-3+. The van der Waals surface area contributed by atoms with Gasteiger partial charge in [-0.25, -0.2) is 9.37 Å². The second kappa shape index (κ2) is 6.43. The third-order valence-electron chi connectivity index (χ3n) is 4.83. The molecular formula is C22H17FN2O2. The number of imide groups is 1. The average Bonchev–Trinajstić information content (AvgIpc) is 2.92. The van der Waals surface area contributed by atoms with Crippen LogP contribution in [0.1, 0.15) is 51.9 Å². The van der Waals surface area contributed by atoms with E-state index in [0.29, 0.717) is 22.3 Å². The lowest BCUT2D eigenvalue weighted by Crippen LogP contribution is -2.33.